The molecule has 126 valence electrons. The molecular formula is C15H15N3O5S. The molecule has 0 aromatic heterocycles. The zero-order valence-electron chi connectivity index (χ0n) is 12.5. The van der Waals surface area contributed by atoms with Crippen molar-refractivity contribution in [3.63, 3.8) is 0 Å². The summed E-state index contributed by atoms with van der Waals surface area (Å²) in [4.78, 5) is 22.2. The van der Waals surface area contributed by atoms with E-state index < -0.39 is 11.2 Å². The summed E-state index contributed by atoms with van der Waals surface area (Å²) in [6, 6.07) is 7.32. The minimum absolute atomic E-state index is 0.214. The molecule has 2 aliphatic heterocycles. The monoisotopic (exact) mass is 349 g/mol. The van der Waals surface area contributed by atoms with Gasteiger partial charge < -0.3 is 19.9 Å². The molecule has 2 heterocycles. The number of carboxylic acid groups (broad SMARTS) is 1. The Morgan fingerprint density at radius 1 is 1.46 bits per heavy atom. The van der Waals surface area contributed by atoms with Crippen molar-refractivity contribution in [1.82, 2.24) is 5.32 Å². The van der Waals surface area contributed by atoms with Crippen LogP contribution in [0, 0.1) is 0 Å². The molecule has 0 radical (unpaired) electrons. The molecule has 9 heteroatoms. The second-order valence-electron chi connectivity index (χ2n) is 5.18. The molecule has 3 rings (SSSR count). The predicted octanol–water partition coefficient (Wildman–Crippen LogP) is 0.860. The number of aliphatic carboxylic acids is 1. The van der Waals surface area contributed by atoms with Gasteiger partial charge in [0, 0.05) is 0 Å². The van der Waals surface area contributed by atoms with Crippen molar-refractivity contribution in [3.05, 3.63) is 29.8 Å². The van der Waals surface area contributed by atoms with Crippen LogP contribution in [-0.4, -0.2) is 52.9 Å². The quantitative estimate of drug-likeness (QED) is 0.429. The first kappa shape index (κ1) is 16.5. The molecule has 0 bridgehead atoms. The van der Waals surface area contributed by atoms with Gasteiger partial charge in [-0.05, 0) is 29.8 Å². The van der Waals surface area contributed by atoms with Crippen molar-refractivity contribution in [1.29, 1.82) is 0 Å². The van der Waals surface area contributed by atoms with E-state index in [4.69, 9.17) is 14.6 Å². The number of nitrogens with zero attached hydrogens (tertiary/aromatic N) is 2. The first-order valence-corrected chi connectivity index (χ1v) is 8.13. The molecule has 0 spiro atoms. The first-order chi connectivity index (χ1) is 11.6. The fourth-order valence-corrected chi connectivity index (χ4v) is 2.81. The number of ether oxygens (including phenoxy) is 2. The predicted molar refractivity (Wildman–Crippen MR) is 88.5 cm³/mol. The van der Waals surface area contributed by atoms with Gasteiger partial charge in [-0.2, -0.15) is 5.10 Å². The number of thioether (sulfide) groups is 1. The number of amidine groups is 1. The number of carbonyl (C=O) groups is 2. The van der Waals surface area contributed by atoms with Crippen molar-refractivity contribution in [2.24, 2.45) is 10.2 Å². The van der Waals surface area contributed by atoms with Crippen molar-refractivity contribution in [3.8, 4) is 5.75 Å². The summed E-state index contributed by atoms with van der Waals surface area (Å²) in [5.41, 5.74) is 0.825. The normalized spacial score (nSPS) is 24.3. The van der Waals surface area contributed by atoms with Gasteiger partial charge in [-0.1, -0.05) is 11.8 Å². The number of hydrogen-bond donors (Lipinski definition) is 2. The summed E-state index contributed by atoms with van der Waals surface area (Å²) in [5, 5.41) is 18.7. The molecule has 2 aliphatic rings. The fourth-order valence-electron chi connectivity index (χ4n) is 1.90. The number of epoxide rings is 1. The second kappa shape index (κ2) is 7.45. The molecule has 8 nitrogen and oxygen atoms in total. The van der Waals surface area contributed by atoms with Crippen LogP contribution in [0.1, 0.15) is 12.0 Å². The lowest BCUT2D eigenvalue weighted by Crippen LogP contribution is -2.26. The van der Waals surface area contributed by atoms with Crippen LogP contribution in [0.15, 0.2) is 34.5 Å². The van der Waals surface area contributed by atoms with E-state index in [2.05, 4.69) is 15.5 Å². The van der Waals surface area contributed by atoms with E-state index in [1.54, 1.807) is 0 Å². The van der Waals surface area contributed by atoms with Crippen molar-refractivity contribution in [2.75, 3.05) is 13.2 Å². The smallest absolute Gasteiger partial charge is 0.305 e. The van der Waals surface area contributed by atoms with Gasteiger partial charge in [0.25, 0.3) is 0 Å². The van der Waals surface area contributed by atoms with Gasteiger partial charge in [0.05, 0.1) is 19.2 Å². The number of benzene rings is 1. The molecule has 2 saturated heterocycles. The Balaban J connectivity index is 1.51. The van der Waals surface area contributed by atoms with E-state index in [-0.39, 0.29) is 18.4 Å². The van der Waals surface area contributed by atoms with Crippen molar-refractivity contribution in [2.45, 2.75) is 17.8 Å². The lowest BCUT2D eigenvalue weighted by Gasteiger charge is -2.03. The number of carboxylic acids is 1. The topological polar surface area (TPSA) is 113 Å². The Morgan fingerprint density at radius 3 is 2.88 bits per heavy atom. The molecule has 24 heavy (non-hydrogen) atoms. The van der Waals surface area contributed by atoms with Crippen LogP contribution in [0.25, 0.3) is 0 Å². The average molecular weight is 349 g/mol. The second-order valence-corrected chi connectivity index (χ2v) is 6.37. The molecule has 2 unspecified atom stereocenters. The zero-order valence-corrected chi connectivity index (χ0v) is 13.4. The van der Waals surface area contributed by atoms with E-state index in [0.717, 1.165) is 29.7 Å². The van der Waals surface area contributed by atoms with Gasteiger partial charge >= 0.3 is 5.97 Å². The number of hydrogen-bond acceptors (Lipinski definition) is 7. The highest BCUT2D eigenvalue weighted by molar-refractivity contribution is 8.15. The van der Waals surface area contributed by atoms with Crippen molar-refractivity contribution >= 4 is 35.0 Å². The number of nitrogens with one attached hydrogen (secondary N) is 1. The summed E-state index contributed by atoms with van der Waals surface area (Å²) in [6.45, 7) is 1.31. The first-order valence-electron chi connectivity index (χ1n) is 7.25. The van der Waals surface area contributed by atoms with Crippen LogP contribution in [0.4, 0.5) is 0 Å². The molecule has 0 saturated carbocycles. The van der Waals surface area contributed by atoms with Crippen LogP contribution in [-0.2, 0) is 14.3 Å². The Hall–Kier alpha value is -2.39. The highest BCUT2D eigenvalue weighted by Gasteiger charge is 2.32. The van der Waals surface area contributed by atoms with Crippen LogP contribution < -0.4 is 10.1 Å². The van der Waals surface area contributed by atoms with E-state index in [1.165, 1.54) is 6.21 Å². The molecule has 1 amide bonds. The SMILES string of the molecule is O=C(O)CC1SC(=NN=Cc2ccc(OCC3CO3)cc2)NC1=O. The third-order valence-corrected chi connectivity index (χ3v) is 4.28. The third-order valence-electron chi connectivity index (χ3n) is 3.21. The van der Waals surface area contributed by atoms with E-state index in [9.17, 15) is 9.59 Å². The number of rotatable bonds is 7. The summed E-state index contributed by atoms with van der Waals surface area (Å²) < 4.78 is 10.6. The largest absolute Gasteiger partial charge is 0.491 e. The Morgan fingerprint density at radius 2 is 2.21 bits per heavy atom. The maximum atomic E-state index is 11.6. The minimum Gasteiger partial charge on any atom is -0.491 e. The van der Waals surface area contributed by atoms with Gasteiger partial charge in [0.1, 0.15) is 23.7 Å². The maximum absolute atomic E-state index is 11.6. The summed E-state index contributed by atoms with van der Waals surface area (Å²) in [5.74, 6) is -0.635. The van der Waals surface area contributed by atoms with Crippen LogP contribution >= 0.6 is 11.8 Å². The standard InChI is InChI=1S/C15H15N3O5S/c19-13(20)5-12-14(21)17-15(24-12)18-16-6-9-1-3-10(4-2-9)22-7-11-8-23-11/h1-4,6,11-12H,5,7-8H2,(H,19,20)(H,17,18,21). The average Bonchev–Trinajstić information content (AvgIpc) is 3.31. The zero-order chi connectivity index (χ0) is 16.9. The van der Waals surface area contributed by atoms with Gasteiger partial charge in [-0.15, -0.1) is 5.10 Å². The molecule has 2 atom stereocenters. The molecule has 1 aromatic carbocycles. The summed E-state index contributed by atoms with van der Waals surface area (Å²) in [6.07, 6.45) is 1.51. The lowest BCUT2D eigenvalue weighted by atomic mass is 10.2. The van der Waals surface area contributed by atoms with Gasteiger partial charge in [0.15, 0.2) is 5.17 Å². The summed E-state index contributed by atoms with van der Waals surface area (Å²) >= 11 is 1.06. The van der Waals surface area contributed by atoms with E-state index >= 15 is 0 Å². The minimum atomic E-state index is -1.03. The fraction of sp³-hybridized carbons (Fsp3) is 0.333. The molecular weight excluding hydrogens is 334 g/mol. The number of amides is 1. The van der Waals surface area contributed by atoms with Gasteiger partial charge in [-0.3, -0.25) is 9.59 Å². The molecule has 2 N–H and O–H groups in total. The Kier molecular flexibility index (Phi) is 5.11. The summed E-state index contributed by atoms with van der Waals surface area (Å²) in [7, 11) is 0. The third kappa shape index (κ3) is 4.80. The van der Waals surface area contributed by atoms with Crippen LogP contribution in [0.5, 0.6) is 5.75 Å². The highest BCUT2D eigenvalue weighted by Crippen LogP contribution is 2.22. The van der Waals surface area contributed by atoms with Crippen LogP contribution in [0.3, 0.4) is 0 Å². The Bertz CT molecular complexity index is 685. The van der Waals surface area contributed by atoms with E-state index in [1.807, 2.05) is 24.3 Å². The highest BCUT2D eigenvalue weighted by atomic mass is 32.2. The van der Waals surface area contributed by atoms with Gasteiger partial charge in [0.2, 0.25) is 5.91 Å². The number of carbonyl (C=O) groups excluding carboxylic acids is 1. The maximum Gasteiger partial charge on any atom is 0.305 e. The van der Waals surface area contributed by atoms with Crippen LogP contribution in [0.2, 0.25) is 0 Å². The van der Waals surface area contributed by atoms with E-state index in [0.29, 0.717) is 11.8 Å². The van der Waals surface area contributed by atoms with Crippen molar-refractivity contribution < 1.29 is 24.2 Å². The van der Waals surface area contributed by atoms with Gasteiger partial charge in [-0.25, -0.2) is 0 Å². The molecule has 1 aromatic rings. The Labute approximate surface area is 141 Å². The lowest BCUT2D eigenvalue weighted by molar-refractivity contribution is -0.138. The molecule has 0 aliphatic carbocycles. The molecule has 2 fully saturated rings.